The van der Waals surface area contributed by atoms with Crippen LogP contribution in [0, 0.1) is 18.6 Å². The van der Waals surface area contributed by atoms with E-state index in [2.05, 4.69) is 15.4 Å². The summed E-state index contributed by atoms with van der Waals surface area (Å²) in [7, 11) is 0. The molecule has 1 N–H and O–H groups in total. The zero-order valence-electron chi connectivity index (χ0n) is 20.7. The third-order valence-electron chi connectivity index (χ3n) is 6.19. The first-order valence-corrected chi connectivity index (χ1v) is 12.1. The Kier molecular flexibility index (Phi) is 6.83. The molecule has 0 spiro atoms. The predicted octanol–water partition coefficient (Wildman–Crippen LogP) is 5.00. The first-order valence-electron chi connectivity index (χ1n) is 12.1. The van der Waals surface area contributed by atoms with E-state index in [1.54, 1.807) is 13.8 Å². The number of rotatable bonds is 6. The van der Waals surface area contributed by atoms with Crippen LogP contribution in [0.1, 0.15) is 39.5 Å². The van der Waals surface area contributed by atoms with Gasteiger partial charge in [0.2, 0.25) is 11.6 Å². The minimum Gasteiger partial charge on any atom is -0.432 e. The average molecular weight is 515 g/mol. The number of amides is 1. The van der Waals surface area contributed by atoms with Gasteiger partial charge in [0.25, 0.3) is 5.91 Å². The fourth-order valence-corrected chi connectivity index (χ4v) is 4.34. The molecule has 1 aromatic heterocycles. The summed E-state index contributed by atoms with van der Waals surface area (Å²) in [4.78, 5) is 31.3. The number of aliphatic imine (C=N–C) groups is 1. The number of aryl methyl sites for hydroxylation is 2. The van der Waals surface area contributed by atoms with Crippen LogP contribution in [0.5, 0.6) is 11.6 Å². The summed E-state index contributed by atoms with van der Waals surface area (Å²) in [6, 6.07) is 19.1. The maximum atomic E-state index is 14.5. The second-order valence-corrected chi connectivity index (χ2v) is 8.86. The monoisotopic (exact) mass is 514 g/mol. The molecular formula is C29H24F2N4O3. The Bertz CT molecular complexity index is 1540. The van der Waals surface area contributed by atoms with Crippen molar-refractivity contribution in [3.63, 3.8) is 0 Å². The summed E-state index contributed by atoms with van der Waals surface area (Å²) in [5, 5.41) is 6.78. The third kappa shape index (κ3) is 4.82. The Morgan fingerprint density at radius 2 is 1.76 bits per heavy atom. The summed E-state index contributed by atoms with van der Waals surface area (Å²) in [6.45, 7) is 3.56. The van der Waals surface area contributed by atoms with E-state index in [4.69, 9.17) is 4.74 Å². The predicted molar refractivity (Wildman–Crippen MR) is 138 cm³/mol. The number of benzene rings is 3. The number of nitrogens with one attached hydrogen (secondary N) is 1. The highest BCUT2D eigenvalue weighted by Gasteiger charge is 2.30. The summed E-state index contributed by atoms with van der Waals surface area (Å²) in [6.07, 6.45) is 0.101. The number of hydrogen-bond acceptors (Lipinski definition) is 5. The van der Waals surface area contributed by atoms with Crippen molar-refractivity contribution < 1.29 is 23.1 Å². The van der Waals surface area contributed by atoms with Crippen LogP contribution < -0.4 is 10.1 Å². The van der Waals surface area contributed by atoms with Crippen molar-refractivity contribution in [2.24, 2.45) is 4.99 Å². The Labute approximate surface area is 217 Å². The Balaban J connectivity index is 1.50. The van der Waals surface area contributed by atoms with E-state index in [-0.39, 0.29) is 30.2 Å². The largest absolute Gasteiger partial charge is 0.432 e. The van der Waals surface area contributed by atoms with Gasteiger partial charge >= 0.3 is 0 Å². The van der Waals surface area contributed by atoms with E-state index in [1.807, 2.05) is 54.6 Å². The normalized spacial score (nSPS) is 14.9. The molecule has 0 unspecified atom stereocenters. The first kappa shape index (κ1) is 25.0. The molecule has 38 heavy (non-hydrogen) atoms. The molecule has 192 valence electrons. The molecule has 1 atom stereocenters. The molecule has 0 saturated carbocycles. The SMILES string of the molecule is CCn1ncc(C(=O)N[C@H]2N=C(c3ccccc3)c3ccccc3CC2=O)c1Oc1c(F)cc(C)cc1F. The lowest BCUT2D eigenvalue weighted by atomic mass is 9.96. The van der Waals surface area contributed by atoms with E-state index >= 15 is 0 Å². The van der Waals surface area contributed by atoms with Crippen LogP contribution in [0.15, 0.2) is 77.9 Å². The lowest BCUT2D eigenvalue weighted by Crippen LogP contribution is -2.40. The zero-order chi connectivity index (χ0) is 26.8. The van der Waals surface area contributed by atoms with Crippen LogP contribution in [-0.2, 0) is 17.8 Å². The van der Waals surface area contributed by atoms with E-state index in [9.17, 15) is 18.4 Å². The number of aromatic nitrogens is 2. The van der Waals surface area contributed by atoms with Gasteiger partial charge in [0.05, 0.1) is 11.9 Å². The van der Waals surface area contributed by atoms with Gasteiger partial charge in [0.1, 0.15) is 5.56 Å². The minimum atomic E-state index is -1.20. The quantitative estimate of drug-likeness (QED) is 0.392. The number of ketones is 1. The number of carbonyl (C=O) groups is 2. The van der Waals surface area contributed by atoms with Gasteiger partial charge in [-0.2, -0.15) is 5.10 Å². The number of halogens is 2. The minimum absolute atomic E-state index is 0.0678. The number of Topliss-reactive ketones (excluding diaryl/α,β-unsaturated/α-hetero) is 1. The highest BCUT2D eigenvalue weighted by Crippen LogP contribution is 2.31. The Morgan fingerprint density at radius 1 is 1.08 bits per heavy atom. The molecule has 2 heterocycles. The van der Waals surface area contributed by atoms with Gasteiger partial charge in [-0.15, -0.1) is 0 Å². The van der Waals surface area contributed by atoms with Crippen LogP contribution in [0.2, 0.25) is 0 Å². The van der Waals surface area contributed by atoms with E-state index in [1.165, 1.54) is 10.9 Å². The molecule has 1 aliphatic rings. The van der Waals surface area contributed by atoms with Crippen LogP contribution in [0.4, 0.5) is 8.78 Å². The van der Waals surface area contributed by atoms with Crippen molar-refractivity contribution in [1.82, 2.24) is 15.1 Å². The van der Waals surface area contributed by atoms with Crippen LogP contribution in [0.25, 0.3) is 0 Å². The van der Waals surface area contributed by atoms with E-state index in [0.29, 0.717) is 11.3 Å². The van der Waals surface area contributed by atoms with Crippen molar-refractivity contribution in [3.05, 3.63) is 112 Å². The van der Waals surface area contributed by atoms with Gasteiger partial charge in [-0.1, -0.05) is 54.6 Å². The fourth-order valence-electron chi connectivity index (χ4n) is 4.34. The molecule has 5 rings (SSSR count). The van der Waals surface area contributed by atoms with Crippen LogP contribution in [-0.4, -0.2) is 33.3 Å². The number of nitrogens with zero attached hydrogens (tertiary/aromatic N) is 3. The number of carbonyl (C=O) groups excluding carboxylic acids is 2. The Morgan fingerprint density at radius 3 is 2.47 bits per heavy atom. The topological polar surface area (TPSA) is 85.6 Å². The summed E-state index contributed by atoms with van der Waals surface area (Å²) in [5.41, 5.74) is 3.26. The summed E-state index contributed by atoms with van der Waals surface area (Å²) >= 11 is 0. The molecule has 3 aromatic carbocycles. The van der Waals surface area contributed by atoms with Gasteiger partial charge < -0.3 is 10.1 Å². The van der Waals surface area contributed by atoms with E-state index in [0.717, 1.165) is 28.8 Å². The van der Waals surface area contributed by atoms with Crippen LogP contribution >= 0.6 is 0 Å². The maximum absolute atomic E-state index is 14.5. The number of fused-ring (bicyclic) bond motifs is 1. The van der Waals surface area contributed by atoms with Crippen molar-refractivity contribution in [1.29, 1.82) is 0 Å². The molecule has 0 aliphatic carbocycles. The highest BCUT2D eigenvalue weighted by molar-refractivity contribution is 6.16. The summed E-state index contributed by atoms with van der Waals surface area (Å²) < 4.78 is 35.9. The second-order valence-electron chi connectivity index (χ2n) is 8.86. The van der Waals surface area contributed by atoms with Gasteiger partial charge in [0, 0.05) is 24.1 Å². The Hall–Kier alpha value is -4.66. The number of ether oxygens (including phenoxy) is 1. The molecule has 0 radical (unpaired) electrons. The van der Waals surface area contributed by atoms with Crippen molar-refractivity contribution in [2.45, 2.75) is 33.0 Å². The lowest BCUT2D eigenvalue weighted by molar-refractivity contribution is -0.120. The van der Waals surface area contributed by atoms with Gasteiger partial charge in [-0.25, -0.2) is 13.5 Å². The molecule has 1 aliphatic heterocycles. The molecule has 0 fully saturated rings. The first-order chi connectivity index (χ1) is 18.4. The van der Waals surface area contributed by atoms with Gasteiger partial charge in [0.15, 0.2) is 23.6 Å². The van der Waals surface area contributed by atoms with Crippen molar-refractivity contribution in [2.75, 3.05) is 0 Å². The maximum Gasteiger partial charge on any atom is 0.260 e. The molecular weight excluding hydrogens is 490 g/mol. The fraction of sp³-hybridized carbons (Fsp3) is 0.172. The average Bonchev–Trinajstić information content (AvgIpc) is 3.26. The standard InChI is InChI=1S/C29H24F2N4O3/c1-3-35-29(38-26-22(30)13-17(2)14-23(26)31)21(16-32-35)28(37)34-27-24(36)15-19-11-7-8-12-20(19)25(33-27)18-9-5-4-6-10-18/h4-14,16,27H,3,15H2,1-2H3,(H,34,37)/t27-/m1/s1. The van der Waals surface area contributed by atoms with Crippen molar-refractivity contribution in [3.8, 4) is 11.6 Å². The lowest BCUT2D eigenvalue weighted by Gasteiger charge is -2.15. The second kappa shape index (κ2) is 10.4. The van der Waals surface area contributed by atoms with E-state index < -0.39 is 29.5 Å². The molecule has 0 bridgehead atoms. The molecule has 4 aromatic rings. The zero-order valence-corrected chi connectivity index (χ0v) is 20.7. The molecule has 7 nitrogen and oxygen atoms in total. The highest BCUT2D eigenvalue weighted by atomic mass is 19.1. The number of hydrogen-bond donors (Lipinski definition) is 1. The van der Waals surface area contributed by atoms with Gasteiger partial charge in [-0.3, -0.25) is 14.6 Å². The molecule has 1 amide bonds. The molecule has 9 heteroatoms. The summed E-state index contributed by atoms with van der Waals surface area (Å²) in [5.74, 6) is -3.64. The molecule has 0 saturated heterocycles. The van der Waals surface area contributed by atoms with Crippen molar-refractivity contribution >= 4 is 17.4 Å². The smallest absolute Gasteiger partial charge is 0.260 e. The van der Waals surface area contributed by atoms with Gasteiger partial charge in [-0.05, 0) is 37.1 Å². The third-order valence-corrected chi connectivity index (χ3v) is 6.19. The van der Waals surface area contributed by atoms with Crippen LogP contribution in [0.3, 0.4) is 0 Å².